The Morgan fingerprint density at radius 1 is 1.55 bits per heavy atom. The van der Waals surface area contributed by atoms with Crippen LogP contribution < -0.4 is 4.72 Å². The van der Waals surface area contributed by atoms with Crippen LogP contribution in [0.1, 0.15) is 13.8 Å². The Labute approximate surface area is 73.2 Å². The molecule has 0 aliphatic rings. The highest BCUT2D eigenvalue weighted by Gasteiger charge is 2.07. The summed E-state index contributed by atoms with van der Waals surface area (Å²) in [7, 11) is -3.03. The predicted molar refractivity (Wildman–Crippen MR) is 47.3 cm³/mol. The van der Waals surface area contributed by atoms with Crippen LogP contribution in [0.2, 0.25) is 0 Å². The van der Waals surface area contributed by atoms with E-state index in [0.29, 0.717) is 12.4 Å². The van der Waals surface area contributed by atoms with E-state index in [4.69, 9.17) is 11.6 Å². The molecule has 0 aromatic rings. The Morgan fingerprint density at radius 3 is 2.45 bits per heavy atom. The summed E-state index contributed by atoms with van der Waals surface area (Å²) in [4.78, 5) is 0. The van der Waals surface area contributed by atoms with E-state index in [2.05, 4.69) is 4.72 Å². The molecule has 0 aliphatic carbocycles. The first kappa shape index (κ1) is 11.2. The summed E-state index contributed by atoms with van der Waals surface area (Å²) in [6, 6.07) is 0. The quantitative estimate of drug-likeness (QED) is 0.666. The SMILES string of the molecule is CCS(=O)(=O)NCC(C)CCl. The molecule has 0 heterocycles. The minimum absolute atomic E-state index is 0.127. The molecule has 0 amide bonds. The number of alkyl halides is 1. The average molecular weight is 200 g/mol. The molecule has 0 rings (SSSR count). The highest BCUT2D eigenvalue weighted by Crippen LogP contribution is 1.96. The lowest BCUT2D eigenvalue weighted by Crippen LogP contribution is -2.30. The standard InChI is InChI=1S/C6H14ClNO2S/c1-3-11(9,10)8-5-6(2)4-7/h6,8H,3-5H2,1-2H3. The fourth-order valence-electron chi connectivity index (χ4n) is 0.426. The van der Waals surface area contributed by atoms with Crippen molar-refractivity contribution in [2.75, 3.05) is 18.2 Å². The zero-order valence-electron chi connectivity index (χ0n) is 6.80. The Balaban J connectivity index is 3.71. The summed E-state index contributed by atoms with van der Waals surface area (Å²) >= 11 is 5.49. The van der Waals surface area contributed by atoms with Gasteiger partial charge in [-0.05, 0) is 12.8 Å². The molecule has 0 spiro atoms. The van der Waals surface area contributed by atoms with Crippen molar-refractivity contribution in [3.05, 3.63) is 0 Å². The van der Waals surface area contributed by atoms with E-state index in [-0.39, 0.29) is 11.7 Å². The zero-order valence-corrected chi connectivity index (χ0v) is 8.37. The van der Waals surface area contributed by atoms with Crippen molar-refractivity contribution >= 4 is 21.6 Å². The van der Waals surface area contributed by atoms with Crippen molar-refractivity contribution in [2.45, 2.75) is 13.8 Å². The van der Waals surface area contributed by atoms with Crippen LogP contribution in [0, 0.1) is 5.92 Å². The fourth-order valence-corrected chi connectivity index (χ4v) is 1.28. The van der Waals surface area contributed by atoms with Gasteiger partial charge in [-0.2, -0.15) is 0 Å². The van der Waals surface area contributed by atoms with Crippen LogP contribution >= 0.6 is 11.6 Å². The van der Waals surface area contributed by atoms with Gasteiger partial charge in [-0.25, -0.2) is 13.1 Å². The second-order valence-electron chi connectivity index (χ2n) is 2.51. The number of rotatable bonds is 5. The molecule has 0 saturated carbocycles. The van der Waals surface area contributed by atoms with Crippen molar-refractivity contribution < 1.29 is 8.42 Å². The van der Waals surface area contributed by atoms with Gasteiger partial charge in [-0.1, -0.05) is 6.92 Å². The zero-order chi connectivity index (χ0) is 8.91. The van der Waals surface area contributed by atoms with Crippen LogP contribution in [0.25, 0.3) is 0 Å². The van der Waals surface area contributed by atoms with E-state index in [0.717, 1.165) is 0 Å². The minimum Gasteiger partial charge on any atom is -0.215 e. The van der Waals surface area contributed by atoms with Gasteiger partial charge in [-0.3, -0.25) is 0 Å². The molecule has 0 aromatic carbocycles. The van der Waals surface area contributed by atoms with Gasteiger partial charge >= 0.3 is 0 Å². The van der Waals surface area contributed by atoms with Gasteiger partial charge < -0.3 is 0 Å². The molecule has 0 aliphatic heterocycles. The summed E-state index contributed by atoms with van der Waals surface area (Å²) < 4.78 is 24.2. The van der Waals surface area contributed by atoms with Crippen LogP contribution in [0.4, 0.5) is 0 Å². The molecule has 11 heavy (non-hydrogen) atoms. The molecule has 68 valence electrons. The average Bonchev–Trinajstić information content (AvgIpc) is 2.00. The molecule has 1 N–H and O–H groups in total. The third kappa shape index (κ3) is 5.47. The minimum atomic E-state index is -3.03. The molecule has 0 aromatic heterocycles. The van der Waals surface area contributed by atoms with E-state index >= 15 is 0 Å². The van der Waals surface area contributed by atoms with Gasteiger partial charge in [0.05, 0.1) is 5.75 Å². The maximum atomic E-state index is 10.9. The molecule has 5 heteroatoms. The van der Waals surface area contributed by atoms with Gasteiger partial charge in [0.25, 0.3) is 0 Å². The maximum absolute atomic E-state index is 10.9. The first-order valence-corrected chi connectivity index (χ1v) is 5.73. The lowest BCUT2D eigenvalue weighted by Gasteiger charge is -2.07. The van der Waals surface area contributed by atoms with E-state index in [1.54, 1.807) is 6.92 Å². The second kappa shape index (κ2) is 4.95. The summed E-state index contributed by atoms with van der Waals surface area (Å²) in [6.07, 6.45) is 0. The summed E-state index contributed by atoms with van der Waals surface area (Å²) in [6.45, 7) is 3.93. The monoisotopic (exact) mass is 199 g/mol. The van der Waals surface area contributed by atoms with E-state index in [9.17, 15) is 8.42 Å². The van der Waals surface area contributed by atoms with Crippen molar-refractivity contribution in [1.82, 2.24) is 4.72 Å². The maximum Gasteiger partial charge on any atom is 0.211 e. The van der Waals surface area contributed by atoms with Crippen LogP contribution in [-0.2, 0) is 10.0 Å². The van der Waals surface area contributed by atoms with Crippen LogP contribution in [0.3, 0.4) is 0 Å². The fraction of sp³-hybridized carbons (Fsp3) is 1.00. The van der Waals surface area contributed by atoms with Crippen molar-refractivity contribution in [3.8, 4) is 0 Å². The Bertz CT molecular complexity index is 191. The topological polar surface area (TPSA) is 46.2 Å². The Hall–Kier alpha value is 0.200. The molecule has 3 nitrogen and oxygen atoms in total. The Morgan fingerprint density at radius 2 is 2.09 bits per heavy atom. The normalized spacial score (nSPS) is 14.8. The molecule has 1 unspecified atom stereocenters. The molecule has 0 bridgehead atoms. The van der Waals surface area contributed by atoms with Gasteiger partial charge in [0.15, 0.2) is 0 Å². The van der Waals surface area contributed by atoms with E-state index in [1.165, 1.54) is 0 Å². The van der Waals surface area contributed by atoms with Gasteiger partial charge in [0, 0.05) is 12.4 Å². The molecular formula is C6H14ClNO2S. The third-order valence-electron chi connectivity index (χ3n) is 1.30. The number of hydrogen-bond acceptors (Lipinski definition) is 2. The van der Waals surface area contributed by atoms with Crippen LogP contribution in [0.15, 0.2) is 0 Å². The lowest BCUT2D eigenvalue weighted by atomic mass is 10.2. The number of sulfonamides is 1. The molecule has 0 fully saturated rings. The van der Waals surface area contributed by atoms with Crippen molar-refractivity contribution in [3.63, 3.8) is 0 Å². The molecular weight excluding hydrogens is 186 g/mol. The number of halogens is 1. The summed E-state index contributed by atoms with van der Waals surface area (Å²) in [5, 5.41) is 0. The summed E-state index contributed by atoms with van der Waals surface area (Å²) in [5.41, 5.74) is 0. The van der Waals surface area contributed by atoms with Crippen molar-refractivity contribution in [1.29, 1.82) is 0 Å². The van der Waals surface area contributed by atoms with Crippen molar-refractivity contribution in [2.24, 2.45) is 5.92 Å². The smallest absolute Gasteiger partial charge is 0.211 e. The highest BCUT2D eigenvalue weighted by molar-refractivity contribution is 7.89. The second-order valence-corrected chi connectivity index (χ2v) is 4.92. The van der Waals surface area contributed by atoms with Crippen LogP contribution in [-0.4, -0.2) is 26.6 Å². The van der Waals surface area contributed by atoms with E-state index < -0.39 is 10.0 Å². The van der Waals surface area contributed by atoms with Crippen LogP contribution in [0.5, 0.6) is 0 Å². The predicted octanol–water partition coefficient (Wildman–Crippen LogP) is 0.801. The molecule has 0 saturated heterocycles. The van der Waals surface area contributed by atoms with Gasteiger partial charge in [0.2, 0.25) is 10.0 Å². The van der Waals surface area contributed by atoms with Gasteiger partial charge in [0.1, 0.15) is 0 Å². The Kier molecular flexibility index (Phi) is 5.04. The first-order chi connectivity index (χ1) is 5.02. The largest absolute Gasteiger partial charge is 0.215 e. The first-order valence-electron chi connectivity index (χ1n) is 3.55. The summed E-state index contributed by atoms with van der Waals surface area (Å²) in [5.74, 6) is 0.798. The third-order valence-corrected chi connectivity index (χ3v) is 3.19. The van der Waals surface area contributed by atoms with E-state index in [1.807, 2.05) is 6.92 Å². The highest BCUT2D eigenvalue weighted by atomic mass is 35.5. The number of hydrogen-bond donors (Lipinski definition) is 1. The van der Waals surface area contributed by atoms with Gasteiger partial charge in [-0.15, -0.1) is 11.6 Å². The lowest BCUT2D eigenvalue weighted by molar-refractivity contribution is 0.563. The molecule has 1 atom stereocenters. The molecule has 0 radical (unpaired) electrons. The number of nitrogens with one attached hydrogen (secondary N) is 1.